The van der Waals surface area contributed by atoms with Crippen molar-refractivity contribution in [3.63, 3.8) is 0 Å². The van der Waals surface area contributed by atoms with Crippen LogP contribution in [0.5, 0.6) is 5.75 Å². The molecular formula is C12H17BrN2O. The van der Waals surface area contributed by atoms with Crippen molar-refractivity contribution in [3.05, 3.63) is 16.9 Å². The molecule has 2 rings (SSSR count). The first-order valence-electron chi connectivity index (χ1n) is 5.72. The zero-order chi connectivity index (χ0) is 11.5. The number of pyridine rings is 1. The van der Waals surface area contributed by atoms with Gasteiger partial charge in [-0.2, -0.15) is 0 Å². The molecule has 0 saturated heterocycles. The zero-order valence-electron chi connectivity index (χ0n) is 9.45. The van der Waals surface area contributed by atoms with Gasteiger partial charge >= 0.3 is 0 Å². The molecule has 1 aromatic rings. The van der Waals surface area contributed by atoms with Gasteiger partial charge in [0.25, 0.3) is 0 Å². The lowest BCUT2D eigenvalue weighted by atomic mass is 9.89. The van der Waals surface area contributed by atoms with Crippen LogP contribution in [0.15, 0.2) is 16.9 Å². The minimum atomic E-state index is 0.303. The quantitative estimate of drug-likeness (QED) is 0.906. The molecule has 2 N–H and O–H groups in total. The van der Waals surface area contributed by atoms with Crippen LogP contribution in [-0.4, -0.2) is 11.1 Å². The number of hydrogen-bond acceptors (Lipinski definition) is 3. The summed E-state index contributed by atoms with van der Waals surface area (Å²) in [6.07, 6.45) is 8.38. The molecule has 16 heavy (non-hydrogen) atoms. The second-order valence-corrected chi connectivity index (χ2v) is 5.39. The van der Waals surface area contributed by atoms with Crippen molar-refractivity contribution < 1.29 is 4.74 Å². The number of ether oxygens (including phenoxy) is 1. The van der Waals surface area contributed by atoms with Crippen LogP contribution in [0.3, 0.4) is 0 Å². The number of rotatable bonds is 2. The number of nitrogens with two attached hydrogens (primary N) is 1. The van der Waals surface area contributed by atoms with Crippen LogP contribution in [0.25, 0.3) is 0 Å². The standard InChI is InChI=1S/C12H17BrN2O/c1-8-2-4-9(5-3-8)16-12-10(13)6-15-7-11(12)14/h6-9H,2-5,14H2,1H3. The van der Waals surface area contributed by atoms with E-state index >= 15 is 0 Å². The molecule has 4 heteroatoms. The molecule has 1 fully saturated rings. The SMILES string of the molecule is CC1CCC(Oc2c(N)cncc2Br)CC1. The van der Waals surface area contributed by atoms with Crippen molar-refractivity contribution in [2.45, 2.75) is 38.7 Å². The molecule has 3 nitrogen and oxygen atoms in total. The fourth-order valence-electron chi connectivity index (χ4n) is 2.08. The highest BCUT2D eigenvalue weighted by molar-refractivity contribution is 9.10. The van der Waals surface area contributed by atoms with Gasteiger partial charge in [0.1, 0.15) is 0 Å². The first kappa shape index (κ1) is 11.7. The summed E-state index contributed by atoms with van der Waals surface area (Å²) in [6.45, 7) is 2.30. The highest BCUT2D eigenvalue weighted by Crippen LogP contribution is 2.34. The van der Waals surface area contributed by atoms with Crippen LogP contribution in [0.2, 0.25) is 0 Å². The van der Waals surface area contributed by atoms with Crippen LogP contribution in [-0.2, 0) is 0 Å². The molecular weight excluding hydrogens is 268 g/mol. The summed E-state index contributed by atoms with van der Waals surface area (Å²) >= 11 is 3.42. The van der Waals surface area contributed by atoms with Gasteiger partial charge in [0.15, 0.2) is 5.75 Å². The number of halogens is 1. The summed E-state index contributed by atoms with van der Waals surface area (Å²) in [6, 6.07) is 0. The predicted octanol–water partition coefficient (Wildman–Crippen LogP) is 3.38. The van der Waals surface area contributed by atoms with E-state index in [-0.39, 0.29) is 0 Å². The average molecular weight is 285 g/mol. The van der Waals surface area contributed by atoms with E-state index < -0.39 is 0 Å². The van der Waals surface area contributed by atoms with E-state index in [1.807, 2.05) is 0 Å². The van der Waals surface area contributed by atoms with E-state index in [2.05, 4.69) is 27.8 Å². The van der Waals surface area contributed by atoms with Crippen LogP contribution in [0, 0.1) is 5.92 Å². The highest BCUT2D eigenvalue weighted by atomic mass is 79.9. The van der Waals surface area contributed by atoms with Crippen LogP contribution in [0.1, 0.15) is 32.6 Å². The summed E-state index contributed by atoms with van der Waals surface area (Å²) in [5, 5.41) is 0. The molecule has 0 radical (unpaired) electrons. The van der Waals surface area contributed by atoms with Crippen molar-refractivity contribution in [1.29, 1.82) is 0 Å². The predicted molar refractivity (Wildman–Crippen MR) is 68.4 cm³/mol. The summed E-state index contributed by atoms with van der Waals surface area (Å²) < 4.78 is 6.79. The molecule has 0 bridgehead atoms. The minimum absolute atomic E-state index is 0.303. The Labute approximate surface area is 105 Å². The van der Waals surface area contributed by atoms with Gasteiger partial charge in [0.2, 0.25) is 0 Å². The molecule has 1 aromatic heterocycles. The topological polar surface area (TPSA) is 48.1 Å². The van der Waals surface area contributed by atoms with Gasteiger partial charge in [-0.3, -0.25) is 4.98 Å². The normalized spacial score (nSPS) is 25.4. The number of aromatic nitrogens is 1. The molecule has 1 saturated carbocycles. The second-order valence-electron chi connectivity index (χ2n) is 4.54. The molecule has 1 aliphatic rings. The third-order valence-electron chi connectivity index (χ3n) is 3.13. The lowest BCUT2D eigenvalue weighted by Crippen LogP contribution is -2.23. The largest absolute Gasteiger partial charge is 0.487 e. The Morgan fingerprint density at radius 3 is 2.62 bits per heavy atom. The maximum atomic E-state index is 5.95. The van der Waals surface area contributed by atoms with E-state index in [9.17, 15) is 0 Å². The Kier molecular flexibility index (Phi) is 3.69. The summed E-state index contributed by atoms with van der Waals surface area (Å²) in [4.78, 5) is 4.00. The fraction of sp³-hybridized carbons (Fsp3) is 0.583. The first-order chi connectivity index (χ1) is 7.66. The minimum Gasteiger partial charge on any atom is -0.487 e. The molecule has 0 unspecified atom stereocenters. The van der Waals surface area contributed by atoms with Gasteiger partial charge in [0, 0.05) is 6.20 Å². The molecule has 0 aliphatic heterocycles. The van der Waals surface area contributed by atoms with Crippen molar-refractivity contribution in [1.82, 2.24) is 4.98 Å². The van der Waals surface area contributed by atoms with Gasteiger partial charge < -0.3 is 10.5 Å². The van der Waals surface area contributed by atoms with Crippen LogP contribution >= 0.6 is 15.9 Å². The number of hydrogen-bond donors (Lipinski definition) is 1. The molecule has 0 spiro atoms. The zero-order valence-corrected chi connectivity index (χ0v) is 11.0. The van der Waals surface area contributed by atoms with Crippen molar-refractivity contribution in [2.24, 2.45) is 5.92 Å². The molecule has 0 amide bonds. The molecule has 88 valence electrons. The fourth-order valence-corrected chi connectivity index (χ4v) is 2.52. The summed E-state index contributed by atoms with van der Waals surface area (Å²) in [7, 11) is 0. The highest BCUT2D eigenvalue weighted by Gasteiger charge is 2.21. The van der Waals surface area contributed by atoms with E-state index in [0.717, 1.165) is 29.0 Å². The van der Waals surface area contributed by atoms with Crippen molar-refractivity contribution >= 4 is 21.6 Å². The van der Waals surface area contributed by atoms with E-state index in [1.165, 1.54) is 12.8 Å². The van der Waals surface area contributed by atoms with Crippen molar-refractivity contribution in [3.8, 4) is 5.75 Å². The Hall–Kier alpha value is -0.770. The number of nitrogens with zero attached hydrogens (tertiary/aromatic N) is 1. The second kappa shape index (κ2) is 5.04. The summed E-state index contributed by atoms with van der Waals surface area (Å²) in [5.41, 5.74) is 6.45. The molecule has 0 atom stereocenters. The van der Waals surface area contributed by atoms with E-state index in [4.69, 9.17) is 10.5 Å². The van der Waals surface area contributed by atoms with Crippen molar-refractivity contribution in [2.75, 3.05) is 5.73 Å². The molecule has 1 aliphatic carbocycles. The smallest absolute Gasteiger partial charge is 0.159 e. The molecule has 0 aromatic carbocycles. The maximum absolute atomic E-state index is 5.95. The third-order valence-corrected chi connectivity index (χ3v) is 3.69. The Morgan fingerprint density at radius 1 is 1.31 bits per heavy atom. The first-order valence-corrected chi connectivity index (χ1v) is 6.51. The van der Waals surface area contributed by atoms with E-state index in [0.29, 0.717) is 11.8 Å². The Morgan fingerprint density at radius 2 is 2.00 bits per heavy atom. The van der Waals surface area contributed by atoms with Gasteiger partial charge in [-0.05, 0) is 47.5 Å². The monoisotopic (exact) mass is 284 g/mol. The van der Waals surface area contributed by atoms with Gasteiger partial charge in [-0.25, -0.2) is 0 Å². The lowest BCUT2D eigenvalue weighted by Gasteiger charge is -2.27. The Balaban J connectivity index is 2.04. The third kappa shape index (κ3) is 2.67. The van der Waals surface area contributed by atoms with Gasteiger partial charge in [-0.15, -0.1) is 0 Å². The average Bonchev–Trinajstić information content (AvgIpc) is 2.26. The van der Waals surface area contributed by atoms with Crippen LogP contribution in [0.4, 0.5) is 5.69 Å². The maximum Gasteiger partial charge on any atom is 0.159 e. The number of nitrogen functional groups attached to an aromatic ring is 1. The number of anilines is 1. The van der Waals surface area contributed by atoms with Gasteiger partial charge in [0.05, 0.1) is 22.5 Å². The van der Waals surface area contributed by atoms with Crippen LogP contribution < -0.4 is 10.5 Å². The molecule has 1 heterocycles. The van der Waals surface area contributed by atoms with E-state index in [1.54, 1.807) is 12.4 Å². The summed E-state index contributed by atoms with van der Waals surface area (Å²) in [5.74, 6) is 1.58. The lowest BCUT2D eigenvalue weighted by molar-refractivity contribution is 0.135. The Bertz CT molecular complexity index is 342. The van der Waals surface area contributed by atoms with Gasteiger partial charge in [-0.1, -0.05) is 6.92 Å².